The van der Waals surface area contributed by atoms with Gasteiger partial charge in [0, 0.05) is 0 Å². The smallest absolute Gasteiger partial charge is 0.336 e. The largest absolute Gasteiger partial charge is 0.478 e. The third-order valence-electron chi connectivity index (χ3n) is 2.58. The number of carboxylic acids is 1. The molecular formula is C14H18O2. The first-order valence-corrected chi connectivity index (χ1v) is 5.44. The van der Waals surface area contributed by atoms with Crippen molar-refractivity contribution in [2.24, 2.45) is 0 Å². The van der Waals surface area contributed by atoms with E-state index in [0.29, 0.717) is 11.5 Å². The van der Waals surface area contributed by atoms with Gasteiger partial charge in [-0.1, -0.05) is 43.7 Å². The van der Waals surface area contributed by atoms with E-state index >= 15 is 0 Å². The van der Waals surface area contributed by atoms with Gasteiger partial charge in [0.25, 0.3) is 0 Å². The second kappa shape index (κ2) is 4.97. The number of aliphatic carboxylic acids is 1. The highest BCUT2D eigenvalue weighted by molar-refractivity contribution is 6.16. The van der Waals surface area contributed by atoms with Crippen molar-refractivity contribution < 1.29 is 9.90 Å². The van der Waals surface area contributed by atoms with Gasteiger partial charge in [0.2, 0.25) is 0 Å². The molecule has 0 heterocycles. The molecule has 1 aromatic carbocycles. The molecule has 0 unspecified atom stereocenters. The fraction of sp³-hybridized carbons (Fsp3) is 0.357. The molecule has 0 aliphatic heterocycles. The summed E-state index contributed by atoms with van der Waals surface area (Å²) in [5.41, 5.74) is 3.22. The van der Waals surface area contributed by atoms with E-state index in [1.165, 1.54) is 5.56 Å². The van der Waals surface area contributed by atoms with Crippen LogP contribution >= 0.6 is 0 Å². The summed E-state index contributed by atoms with van der Waals surface area (Å²) in [6.45, 7) is 7.88. The van der Waals surface area contributed by atoms with Gasteiger partial charge in [0.1, 0.15) is 0 Å². The van der Waals surface area contributed by atoms with Crippen molar-refractivity contribution in [3.63, 3.8) is 0 Å². The molecular weight excluding hydrogens is 200 g/mol. The Kier molecular flexibility index (Phi) is 3.88. The summed E-state index contributed by atoms with van der Waals surface area (Å²) in [5.74, 6) is -0.397. The lowest BCUT2D eigenvalue weighted by molar-refractivity contribution is -0.130. The summed E-state index contributed by atoms with van der Waals surface area (Å²) >= 11 is 0. The summed E-state index contributed by atoms with van der Waals surface area (Å²) in [5, 5.41) is 9.12. The number of allylic oxidation sites excluding steroid dienone is 1. The number of carboxylic acid groups (broad SMARTS) is 1. The first kappa shape index (κ1) is 12.5. The fourth-order valence-corrected chi connectivity index (χ4v) is 1.66. The van der Waals surface area contributed by atoms with Crippen LogP contribution in [0.5, 0.6) is 0 Å². The van der Waals surface area contributed by atoms with Gasteiger partial charge in [-0.2, -0.15) is 0 Å². The minimum absolute atomic E-state index is 0.398. The van der Waals surface area contributed by atoms with Gasteiger partial charge in [0.15, 0.2) is 0 Å². The van der Waals surface area contributed by atoms with Crippen LogP contribution in [0.3, 0.4) is 0 Å². The van der Waals surface area contributed by atoms with Crippen LogP contribution in [0.25, 0.3) is 5.57 Å². The highest BCUT2D eigenvalue weighted by Crippen LogP contribution is 2.22. The van der Waals surface area contributed by atoms with E-state index in [1.54, 1.807) is 0 Å². The quantitative estimate of drug-likeness (QED) is 0.786. The summed E-state index contributed by atoms with van der Waals surface area (Å²) in [4.78, 5) is 11.1. The van der Waals surface area contributed by atoms with Crippen molar-refractivity contribution in [2.75, 3.05) is 0 Å². The third kappa shape index (κ3) is 2.72. The average Bonchev–Trinajstić information content (AvgIpc) is 2.17. The van der Waals surface area contributed by atoms with Gasteiger partial charge >= 0.3 is 5.97 Å². The number of hydrogen-bond donors (Lipinski definition) is 1. The predicted octanol–water partition coefficient (Wildman–Crippen LogP) is 3.69. The maximum Gasteiger partial charge on any atom is 0.336 e. The van der Waals surface area contributed by atoms with Crippen LogP contribution < -0.4 is 0 Å². The second-order valence-electron chi connectivity index (χ2n) is 4.46. The molecule has 2 heteroatoms. The van der Waals surface area contributed by atoms with Crippen LogP contribution in [0.15, 0.2) is 29.8 Å². The fourth-order valence-electron chi connectivity index (χ4n) is 1.66. The lowest BCUT2D eigenvalue weighted by Gasteiger charge is -2.08. The van der Waals surface area contributed by atoms with Crippen LogP contribution in [-0.4, -0.2) is 11.1 Å². The Balaban J connectivity index is 3.15. The second-order valence-corrected chi connectivity index (χ2v) is 4.46. The Morgan fingerprint density at radius 3 is 1.94 bits per heavy atom. The van der Waals surface area contributed by atoms with E-state index < -0.39 is 5.97 Å². The number of carbonyl (C=O) groups is 1. The SMILES string of the molecule is CC(C)=C(C(=O)O)c1ccc(C(C)C)cc1. The maximum absolute atomic E-state index is 11.1. The third-order valence-corrected chi connectivity index (χ3v) is 2.58. The minimum atomic E-state index is -0.864. The zero-order valence-corrected chi connectivity index (χ0v) is 10.2. The first-order chi connectivity index (χ1) is 7.43. The standard InChI is InChI=1S/C14H18O2/c1-9(2)11-5-7-12(8-6-11)13(10(3)4)14(15)16/h5-9H,1-4H3,(H,15,16). The van der Waals surface area contributed by atoms with Crippen molar-refractivity contribution in [1.29, 1.82) is 0 Å². The molecule has 0 aliphatic carbocycles. The first-order valence-electron chi connectivity index (χ1n) is 5.44. The van der Waals surface area contributed by atoms with Crippen molar-refractivity contribution in [1.82, 2.24) is 0 Å². The van der Waals surface area contributed by atoms with E-state index in [1.807, 2.05) is 38.1 Å². The highest BCUT2D eigenvalue weighted by atomic mass is 16.4. The zero-order valence-electron chi connectivity index (χ0n) is 10.2. The normalized spacial score (nSPS) is 10.3. The van der Waals surface area contributed by atoms with Gasteiger partial charge in [-0.15, -0.1) is 0 Å². The Hall–Kier alpha value is -1.57. The summed E-state index contributed by atoms with van der Waals surface area (Å²) in [6.07, 6.45) is 0. The molecule has 0 aromatic heterocycles. The minimum Gasteiger partial charge on any atom is -0.478 e. The predicted molar refractivity (Wildman–Crippen MR) is 66.4 cm³/mol. The van der Waals surface area contributed by atoms with Crippen LogP contribution in [0, 0.1) is 0 Å². The van der Waals surface area contributed by atoms with Crippen LogP contribution in [-0.2, 0) is 4.79 Å². The molecule has 0 spiro atoms. The number of rotatable bonds is 3. The van der Waals surface area contributed by atoms with Crippen molar-refractivity contribution in [2.45, 2.75) is 33.6 Å². The van der Waals surface area contributed by atoms with Gasteiger partial charge in [-0.05, 0) is 30.9 Å². The van der Waals surface area contributed by atoms with Crippen LogP contribution in [0.1, 0.15) is 44.7 Å². The summed E-state index contributed by atoms with van der Waals surface area (Å²) in [6, 6.07) is 7.75. The summed E-state index contributed by atoms with van der Waals surface area (Å²) in [7, 11) is 0. The zero-order chi connectivity index (χ0) is 12.3. The van der Waals surface area contributed by atoms with Gasteiger partial charge in [0.05, 0.1) is 5.57 Å². The maximum atomic E-state index is 11.1. The number of hydrogen-bond acceptors (Lipinski definition) is 1. The molecule has 0 radical (unpaired) electrons. The molecule has 86 valence electrons. The molecule has 0 aliphatic rings. The summed E-state index contributed by atoms with van der Waals surface area (Å²) < 4.78 is 0. The molecule has 0 amide bonds. The molecule has 0 fully saturated rings. The van der Waals surface area contributed by atoms with Crippen molar-refractivity contribution >= 4 is 11.5 Å². The molecule has 0 bridgehead atoms. The monoisotopic (exact) mass is 218 g/mol. The molecule has 0 atom stereocenters. The van der Waals surface area contributed by atoms with Gasteiger partial charge in [-0.3, -0.25) is 0 Å². The Labute approximate surface area is 96.6 Å². The van der Waals surface area contributed by atoms with Crippen molar-refractivity contribution in [3.8, 4) is 0 Å². The van der Waals surface area contributed by atoms with E-state index in [0.717, 1.165) is 11.1 Å². The number of benzene rings is 1. The lowest BCUT2D eigenvalue weighted by Crippen LogP contribution is -2.02. The van der Waals surface area contributed by atoms with Crippen LogP contribution in [0.4, 0.5) is 0 Å². The average molecular weight is 218 g/mol. The lowest BCUT2D eigenvalue weighted by atomic mass is 9.97. The van der Waals surface area contributed by atoms with E-state index in [9.17, 15) is 4.79 Å². The Bertz CT molecular complexity index is 407. The molecule has 16 heavy (non-hydrogen) atoms. The molecule has 0 saturated carbocycles. The molecule has 0 saturated heterocycles. The van der Waals surface area contributed by atoms with Gasteiger partial charge < -0.3 is 5.11 Å². The molecule has 1 N–H and O–H groups in total. The van der Waals surface area contributed by atoms with E-state index in [4.69, 9.17) is 5.11 Å². The topological polar surface area (TPSA) is 37.3 Å². The Morgan fingerprint density at radius 1 is 1.12 bits per heavy atom. The van der Waals surface area contributed by atoms with Crippen LogP contribution in [0.2, 0.25) is 0 Å². The highest BCUT2D eigenvalue weighted by Gasteiger charge is 2.12. The molecule has 1 rings (SSSR count). The van der Waals surface area contributed by atoms with Gasteiger partial charge in [-0.25, -0.2) is 4.79 Å². The van der Waals surface area contributed by atoms with E-state index in [2.05, 4.69) is 13.8 Å². The molecule has 2 nitrogen and oxygen atoms in total. The Morgan fingerprint density at radius 2 is 1.62 bits per heavy atom. The van der Waals surface area contributed by atoms with Crippen molar-refractivity contribution in [3.05, 3.63) is 41.0 Å². The molecule has 1 aromatic rings. The van der Waals surface area contributed by atoms with E-state index in [-0.39, 0.29) is 0 Å².